The number of hydrogen-bond acceptors (Lipinski definition) is 5. The van der Waals surface area contributed by atoms with E-state index in [1.54, 1.807) is 23.1 Å². The van der Waals surface area contributed by atoms with Crippen molar-refractivity contribution in [3.63, 3.8) is 0 Å². The Balaban J connectivity index is 1.81. The van der Waals surface area contributed by atoms with Crippen LogP contribution in [0.1, 0.15) is 82.7 Å². The van der Waals surface area contributed by atoms with E-state index in [1.165, 1.54) is 29.7 Å². The van der Waals surface area contributed by atoms with Gasteiger partial charge in [-0.3, -0.25) is 9.36 Å². The predicted molar refractivity (Wildman–Crippen MR) is 119 cm³/mol. The summed E-state index contributed by atoms with van der Waals surface area (Å²) in [6.07, 6.45) is 7.87. The molecular formula is C22H32N2O2S2. The number of thioether (sulfide) groups is 1. The first-order chi connectivity index (χ1) is 13.4. The smallest absolute Gasteiger partial charge is 0.263 e. The maximum Gasteiger partial charge on any atom is 0.263 e. The van der Waals surface area contributed by atoms with Crippen molar-refractivity contribution in [3.05, 3.63) is 20.8 Å². The number of thiophene rings is 1. The maximum absolute atomic E-state index is 13.8. The van der Waals surface area contributed by atoms with Gasteiger partial charge >= 0.3 is 0 Å². The average molecular weight is 421 g/mol. The molecule has 6 heteroatoms. The highest BCUT2D eigenvalue weighted by Crippen LogP contribution is 2.39. The lowest BCUT2D eigenvalue weighted by molar-refractivity contribution is -0.0379. The van der Waals surface area contributed by atoms with Crippen LogP contribution in [-0.4, -0.2) is 20.9 Å². The van der Waals surface area contributed by atoms with E-state index in [2.05, 4.69) is 32.3 Å². The molecule has 1 saturated carbocycles. The molecule has 0 spiro atoms. The Bertz CT molecular complexity index is 907. The topological polar surface area (TPSA) is 44.1 Å². The lowest BCUT2D eigenvalue weighted by Crippen LogP contribution is -2.33. The van der Waals surface area contributed by atoms with Crippen molar-refractivity contribution in [2.24, 2.45) is 5.92 Å². The first-order valence-corrected chi connectivity index (χ1v) is 12.5. The Morgan fingerprint density at radius 2 is 2.04 bits per heavy atom. The first-order valence-electron chi connectivity index (χ1n) is 10.7. The standard InChI is InChI=1S/C22H32N2O2S2/c1-14(2)10-11-27-21-23-19-18(16-12-22(3,4)26-13-17(16)28-19)20(25)24(21)15-8-6-5-7-9-15/h14-15H,5-13H2,1-4H3. The fourth-order valence-electron chi connectivity index (χ4n) is 4.34. The Morgan fingerprint density at radius 1 is 1.29 bits per heavy atom. The molecule has 4 nitrogen and oxygen atoms in total. The molecule has 0 saturated heterocycles. The molecule has 0 aromatic carbocycles. The molecule has 2 aliphatic rings. The summed E-state index contributed by atoms with van der Waals surface area (Å²) in [4.78, 5) is 20.9. The van der Waals surface area contributed by atoms with Crippen LogP contribution in [0.4, 0.5) is 0 Å². The van der Waals surface area contributed by atoms with Crippen molar-refractivity contribution in [1.29, 1.82) is 0 Å². The summed E-state index contributed by atoms with van der Waals surface area (Å²) in [5, 5.41) is 1.80. The van der Waals surface area contributed by atoms with E-state index >= 15 is 0 Å². The normalized spacial score (nSPS) is 20.0. The van der Waals surface area contributed by atoms with Crippen molar-refractivity contribution in [2.75, 3.05) is 5.75 Å². The van der Waals surface area contributed by atoms with E-state index < -0.39 is 0 Å². The summed E-state index contributed by atoms with van der Waals surface area (Å²) in [6, 6.07) is 0.308. The van der Waals surface area contributed by atoms with Gasteiger partial charge in [0.15, 0.2) is 5.16 Å². The van der Waals surface area contributed by atoms with Crippen LogP contribution in [0, 0.1) is 5.92 Å². The molecule has 2 aromatic heterocycles. The van der Waals surface area contributed by atoms with Crippen molar-refractivity contribution in [3.8, 4) is 0 Å². The zero-order chi connectivity index (χ0) is 19.9. The monoisotopic (exact) mass is 420 g/mol. The quantitative estimate of drug-likeness (QED) is 0.443. The Kier molecular flexibility index (Phi) is 5.92. The summed E-state index contributed by atoms with van der Waals surface area (Å²) >= 11 is 3.43. The van der Waals surface area contributed by atoms with E-state index in [1.807, 2.05) is 0 Å². The second-order valence-electron chi connectivity index (χ2n) is 9.30. The molecule has 28 heavy (non-hydrogen) atoms. The molecule has 0 amide bonds. The van der Waals surface area contributed by atoms with Crippen molar-refractivity contribution in [1.82, 2.24) is 9.55 Å². The summed E-state index contributed by atoms with van der Waals surface area (Å²) in [5.41, 5.74) is 1.17. The van der Waals surface area contributed by atoms with Crippen LogP contribution >= 0.6 is 23.1 Å². The van der Waals surface area contributed by atoms with E-state index in [0.29, 0.717) is 18.6 Å². The van der Waals surface area contributed by atoms with Gasteiger partial charge in [0.25, 0.3) is 5.56 Å². The van der Waals surface area contributed by atoms with Gasteiger partial charge < -0.3 is 4.74 Å². The zero-order valence-corrected chi connectivity index (χ0v) is 19.2. The van der Waals surface area contributed by atoms with Crippen LogP contribution in [0.15, 0.2) is 9.95 Å². The molecule has 0 atom stereocenters. The molecule has 0 unspecified atom stereocenters. The van der Waals surface area contributed by atoms with Gasteiger partial charge in [-0.05, 0) is 44.6 Å². The van der Waals surface area contributed by atoms with E-state index in [4.69, 9.17) is 9.72 Å². The maximum atomic E-state index is 13.8. The van der Waals surface area contributed by atoms with Gasteiger partial charge in [0.2, 0.25) is 0 Å². The molecule has 1 fully saturated rings. The van der Waals surface area contributed by atoms with Gasteiger partial charge in [-0.25, -0.2) is 4.98 Å². The second kappa shape index (κ2) is 8.11. The predicted octanol–water partition coefficient (Wildman–Crippen LogP) is 5.95. The molecule has 2 aromatic rings. The summed E-state index contributed by atoms with van der Waals surface area (Å²) < 4.78 is 8.07. The summed E-state index contributed by atoms with van der Waals surface area (Å²) in [6.45, 7) is 9.33. The van der Waals surface area contributed by atoms with Gasteiger partial charge in [-0.15, -0.1) is 11.3 Å². The van der Waals surface area contributed by atoms with Gasteiger partial charge in [-0.2, -0.15) is 0 Å². The van der Waals surface area contributed by atoms with E-state index in [0.717, 1.165) is 46.8 Å². The Hall–Kier alpha value is -0.850. The van der Waals surface area contributed by atoms with Gasteiger partial charge in [0.1, 0.15) is 4.83 Å². The highest BCUT2D eigenvalue weighted by Gasteiger charge is 2.32. The van der Waals surface area contributed by atoms with Crippen LogP contribution in [0.2, 0.25) is 0 Å². The number of aromatic nitrogens is 2. The molecule has 4 rings (SSSR count). The second-order valence-corrected chi connectivity index (χ2v) is 11.4. The molecule has 0 N–H and O–H groups in total. The third kappa shape index (κ3) is 4.05. The van der Waals surface area contributed by atoms with Crippen molar-refractivity contribution in [2.45, 2.75) is 96.0 Å². The van der Waals surface area contributed by atoms with Crippen LogP contribution in [-0.2, 0) is 17.8 Å². The number of ether oxygens (including phenoxy) is 1. The Morgan fingerprint density at radius 3 is 2.75 bits per heavy atom. The lowest BCUT2D eigenvalue weighted by Gasteiger charge is -2.30. The minimum Gasteiger partial charge on any atom is -0.370 e. The van der Waals surface area contributed by atoms with Gasteiger partial charge in [0, 0.05) is 23.1 Å². The van der Waals surface area contributed by atoms with Crippen molar-refractivity contribution >= 4 is 33.3 Å². The SMILES string of the molecule is CC(C)CCSc1nc2sc3c(c2c(=O)n1C1CCCCC1)CC(C)(C)OC3. The molecule has 1 aliphatic carbocycles. The molecule has 0 radical (unpaired) electrons. The van der Waals surface area contributed by atoms with Gasteiger partial charge in [-0.1, -0.05) is 44.9 Å². The number of rotatable bonds is 5. The molecule has 0 bridgehead atoms. The summed E-state index contributed by atoms with van der Waals surface area (Å²) in [7, 11) is 0. The minimum absolute atomic E-state index is 0.194. The number of nitrogens with zero attached hydrogens (tertiary/aromatic N) is 2. The Labute approximate surface area is 176 Å². The largest absolute Gasteiger partial charge is 0.370 e. The third-order valence-electron chi connectivity index (χ3n) is 5.97. The van der Waals surface area contributed by atoms with Crippen LogP contribution < -0.4 is 5.56 Å². The minimum atomic E-state index is -0.214. The molecule has 3 heterocycles. The van der Waals surface area contributed by atoms with E-state index in [-0.39, 0.29) is 11.2 Å². The third-order valence-corrected chi connectivity index (χ3v) is 8.06. The number of hydrogen-bond donors (Lipinski definition) is 0. The van der Waals surface area contributed by atoms with Crippen LogP contribution in [0.5, 0.6) is 0 Å². The van der Waals surface area contributed by atoms with Crippen molar-refractivity contribution < 1.29 is 4.74 Å². The fourth-order valence-corrected chi connectivity index (χ4v) is 6.79. The van der Waals surface area contributed by atoms with Crippen LogP contribution in [0.25, 0.3) is 10.2 Å². The highest BCUT2D eigenvalue weighted by molar-refractivity contribution is 7.99. The van der Waals surface area contributed by atoms with Gasteiger partial charge in [0.05, 0.1) is 17.6 Å². The zero-order valence-electron chi connectivity index (χ0n) is 17.5. The molecule has 154 valence electrons. The number of fused-ring (bicyclic) bond motifs is 3. The van der Waals surface area contributed by atoms with E-state index in [9.17, 15) is 4.79 Å². The average Bonchev–Trinajstić information content (AvgIpc) is 2.99. The highest BCUT2D eigenvalue weighted by atomic mass is 32.2. The molecule has 1 aliphatic heterocycles. The first kappa shape index (κ1) is 20.4. The fraction of sp³-hybridized carbons (Fsp3) is 0.727. The lowest BCUT2D eigenvalue weighted by atomic mass is 9.93. The van der Waals surface area contributed by atoms with Crippen LogP contribution in [0.3, 0.4) is 0 Å². The summed E-state index contributed by atoms with van der Waals surface area (Å²) in [5.74, 6) is 1.68. The molecular weight excluding hydrogens is 388 g/mol.